The van der Waals surface area contributed by atoms with Gasteiger partial charge in [0.15, 0.2) is 0 Å². The van der Waals surface area contributed by atoms with Crippen LogP contribution in [0.25, 0.3) is 0 Å². The fourth-order valence-electron chi connectivity index (χ4n) is 2.50. The maximum Gasteiger partial charge on any atom is 0.315 e. The third kappa shape index (κ3) is 4.01. The fourth-order valence-corrected chi connectivity index (χ4v) is 4.05. The second-order valence-electron chi connectivity index (χ2n) is 4.88. The molecule has 0 radical (unpaired) electrons. The summed E-state index contributed by atoms with van der Waals surface area (Å²) in [5.41, 5.74) is 5.25. The average molecular weight is 287 g/mol. The van der Waals surface area contributed by atoms with E-state index in [1.807, 2.05) is 11.8 Å². The van der Waals surface area contributed by atoms with Crippen LogP contribution >= 0.6 is 11.8 Å². The molecule has 2 saturated heterocycles. The maximum absolute atomic E-state index is 11.3. The Kier molecular flexibility index (Phi) is 5.33. The fraction of sp³-hybridized carbons (Fsp3) is 0.833. The molecule has 7 heteroatoms. The van der Waals surface area contributed by atoms with Crippen LogP contribution in [0, 0.1) is 0 Å². The third-order valence-corrected chi connectivity index (χ3v) is 4.95. The number of hydrogen-bond donors (Lipinski definition) is 3. The Morgan fingerprint density at radius 1 is 1.42 bits per heavy atom. The molecule has 108 valence electrons. The number of nitrogens with one attached hydrogen (secondary N) is 2. The van der Waals surface area contributed by atoms with E-state index in [0.717, 1.165) is 25.0 Å². The van der Waals surface area contributed by atoms with E-state index in [-0.39, 0.29) is 24.1 Å². The lowest BCUT2D eigenvalue weighted by Crippen LogP contribution is -2.36. The zero-order chi connectivity index (χ0) is 13.7. The molecule has 0 bridgehead atoms. The smallest absolute Gasteiger partial charge is 0.315 e. The second-order valence-corrected chi connectivity index (χ2v) is 6.15. The molecule has 2 heterocycles. The predicted octanol–water partition coefficient (Wildman–Crippen LogP) is 0.214. The molecule has 0 aromatic rings. The second kappa shape index (κ2) is 7.00. The monoisotopic (exact) mass is 287 g/mol. The normalized spacial score (nSPS) is 28.7. The van der Waals surface area contributed by atoms with Crippen molar-refractivity contribution >= 4 is 23.8 Å². The van der Waals surface area contributed by atoms with Gasteiger partial charge in [0, 0.05) is 24.0 Å². The summed E-state index contributed by atoms with van der Waals surface area (Å²) < 4.78 is 4.91. The lowest BCUT2D eigenvalue weighted by atomic mass is 10.0. The van der Waals surface area contributed by atoms with Crippen LogP contribution in [0.2, 0.25) is 0 Å². The summed E-state index contributed by atoms with van der Waals surface area (Å²) >= 11 is 1.90. The van der Waals surface area contributed by atoms with Crippen molar-refractivity contribution in [2.75, 3.05) is 18.9 Å². The molecule has 2 amide bonds. The van der Waals surface area contributed by atoms with E-state index in [0.29, 0.717) is 24.8 Å². The molecule has 1 unspecified atom stereocenters. The first-order valence-electron chi connectivity index (χ1n) is 6.75. The van der Waals surface area contributed by atoms with Crippen molar-refractivity contribution in [2.45, 2.75) is 43.0 Å². The van der Waals surface area contributed by atoms with Gasteiger partial charge in [0.05, 0.1) is 12.1 Å². The van der Waals surface area contributed by atoms with Gasteiger partial charge in [0.25, 0.3) is 0 Å². The van der Waals surface area contributed by atoms with Crippen LogP contribution in [0.3, 0.4) is 0 Å². The van der Waals surface area contributed by atoms with Gasteiger partial charge in [-0.1, -0.05) is 6.42 Å². The standard InChI is InChI=1S/C12H21N3O3S/c13-5-6-18-10(16)4-2-1-3-9-11-8(7-19-9)14-12(17)15-11/h8-9,11H,1-7,13H2,(H2,14,15,17)/t8-,9?,11-/m0/s1. The Morgan fingerprint density at radius 3 is 3.05 bits per heavy atom. The number of thioether (sulfide) groups is 1. The number of nitrogens with two attached hydrogens (primary N) is 1. The van der Waals surface area contributed by atoms with Gasteiger partial charge < -0.3 is 21.1 Å². The Balaban J connectivity index is 1.59. The molecule has 2 fully saturated rings. The van der Waals surface area contributed by atoms with Crippen LogP contribution < -0.4 is 16.4 Å². The van der Waals surface area contributed by atoms with Crippen molar-refractivity contribution in [2.24, 2.45) is 5.73 Å². The van der Waals surface area contributed by atoms with Crippen molar-refractivity contribution in [3.63, 3.8) is 0 Å². The van der Waals surface area contributed by atoms with Crippen molar-refractivity contribution in [3.8, 4) is 0 Å². The van der Waals surface area contributed by atoms with Crippen LogP contribution in [0.4, 0.5) is 4.79 Å². The van der Waals surface area contributed by atoms with Gasteiger partial charge in [-0.3, -0.25) is 4.79 Å². The number of carbonyl (C=O) groups is 2. The van der Waals surface area contributed by atoms with E-state index in [1.165, 1.54) is 0 Å². The molecule has 0 saturated carbocycles. The van der Waals surface area contributed by atoms with E-state index in [2.05, 4.69) is 10.6 Å². The molecular formula is C12H21N3O3S. The minimum absolute atomic E-state index is 0.0503. The largest absolute Gasteiger partial charge is 0.464 e. The summed E-state index contributed by atoms with van der Waals surface area (Å²) in [5.74, 6) is 0.810. The highest BCUT2D eigenvalue weighted by Crippen LogP contribution is 2.33. The van der Waals surface area contributed by atoms with Crippen LogP contribution in [0.5, 0.6) is 0 Å². The van der Waals surface area contributed by atoms with Gasteiger partial charge in [-0.2, -0.15) is 11.8 Å². The first-order valence-corrected chi connectivity index (χ1v) is 7.80. The number of amides is 2. The summed E-state index contributed by atoms with van der Waals surface area (Å²) in [6.45, 7) is 0.680. The molecule has 0 aromatic heterocycles. The van der Waals surface area contributed by atoms with Crippen LogP contribution in [0.15, 0.2) is 0 Å². The first kappa shape index (κ1) is 14.5. The average Bonchev–Trinajstić information content (AvgIpc) is 2.92. The summed E-state index contributed by atoms with van der Waals surface area (Å²) in [6, 6.07) is 0.476. The molecule has 19 heavy (non-hydrogen) atoms. The molecule has 4 N–H and O–H groups in total. The van der Waals surface area contributed by atoms with Crippen LogP contribution in [-0.2, 0) is 9.53 Å². The quantitative estimate of drug-likeness (QED) is 0.354. The molecule has 2 rings (SSSR count). The molecule has 0 aromatic carbocycles. The Morgan fingerprint density at radius 2 is 2.26 bits per heavy atom. The maximum atomic E-state index is 11.3. The molecule has 3 atom stereocenters. The topological polar surface area (TPSA) is 93.4 Å². The van der Waals surface area contributed by atoms with E-state index >= 15 is 0 Å². The minimum Gasteiger partial charge on any atom is -0.464 e. The number of unbranched alkanes of at least 4 members (excludes halogenated alkanes) is 1. The van der Waals surface area contributed by atoms with Crippen molar-refractivity contribution in [1.82, 2.24) is 10.6 Å². The summed E-state index contributed by atoms with van der Waals surface area (Å²) in [7, 11) is 0. The Labute approximate surface area is 117 Å². The number of esters is 1. The van der Waals surface area contributed by atoms with Gasteiger partial charge in [0.1, 0.15) is 6.61 Å². The molecule has 2 aliphatic heterocycles. The zero-order valence-corrected chi connectivity index (χ0v) is 11.7. The summed E-state index contributed by atoms with van der Waals surface area (Å²) in [6.07, 6.45) is 3.29. The zero-order valence-electron chi connectivity index (χ0n) is 10.9. The number of fused-ring (bicyclic) bond motifs is 1. The molecular weight excluding hydrogens is 266 g/mol. The van der Waals surface area contributed by atoms with E-state index in [4.69, 9.17) is 10.5 Å². The lowest BCUT2D eigenvalue weighted by molar-refractivity contribution is -0.143. The lowest BCUT2D eigenvalue weighted by Gasteiger charge is -2.16. The first-order chi connectivity index (χ1) is 9.20. The number of carbonyl (C=O) groups excluding carboxylic acids is 2. The molecule has 0 spiro atoms. The van der Waals surface area contributed by atoms with Crippen LogP contribution in [0.1, 0.15) is 25.7 Å². The van der Waals surface area contributed by atoms with Gasteiger partial charge in [-0.15, -0.1) is 0 Å². The molecule has 2 aliphatic rings. The van der Waals surface area contributed by atoms with Gasteiger partial charge in [-0.25, -0.2) is 4.79 Å². The summed E-state index contributed by atoms with van der Waals surface area (Å²) in [4.78, 5) is 22.5. The van der Waals surface area contributed by atoms with Crippen molar-refractivity contribution in [3.05, 3.63) is 0 Å². The number of hydrogen-bond acceptors (Lipinski definition) is 5. The summed E-state index contributed by atoms with van der Waals surface area (Å²) in [5, 5.41) is 6.35. The molecule has 0 aliphatic carbocycles. The van der Waals surface area contributed by atoms with Gasteiger partial charge in [-0.05, 0) is 12.8 Å². The third-order valence-electron chi connectivity index (χ3n) is 3.44. The highest BCUT2D eigenvalue weighted by molar-refractivity contribution is 8.00. The van der Waals surface area contributed by atoms with E-state index in [9.17, 15) is 9.59 Å². The van der Waals surface area contributed by atoms with Crippen molar-refractivity contribution in [1.29, 1.82) is 0 Å². The highest BCUT2D eigenvalue weighted by Gasteiger charge is 2.42. The Hall–Kier alpha value is -0.950. The van der Waals surface area contributed by atoms with Gasteiger partial charge >= 0.3 is 12.0 Å². The number of ether oxygens (including phenoxy) is 1. The number of rotatable bonds is 7. The molecule has 6 nitrogen and oxygen atoms in total. The minimum atomic E-state index is -0.168. The SMILES string of the molecule is NCCOC(=O)CCCCC1SC[C@@H]2NC(=O)N[C@H]12. The van der Waals surface area contributed by atoms with E-state index in [1.54, 1.807) is 0 Å². The number of urea groups is 1. The van der Waals surface area contributed by atoms with E-state index < -0.39 is 0 Å². The van der Waals surface area contributed by atoms with Gasteiger partial charge in [0.2, 0.25) is 0 Å². The highest BCUT2D eigenvalue weighted by atomic mass is 32.2. The Bertz CT molecular complexity index is 340. The van der Waals surface area contributed by atoms with Crippen LogP contribution in [-0.4, -0.2) is 48.2 Å². The van der Waals surface area contributed by atoms with Crippen molar-refractivity contribution < 1.29 is 14.3 Å². The predicted molar refractivity (Wildman–Crippen MR) is 74.0 cm³/mol.